The largest absolute Gasteiger partial charge is 0.507 e. The Balaban J connectivity index is 1.72. The summed E-state index contributed by atoms with van der Waals surface area (Å²) < 4.78 is 0.729. The maximum Gasteiger partial charge on any atom is 0.271 e. The van der Waals surface area contributed by atoms with Gasteiger partial charge < -0.3 is 5.11 Å². The summed E-state index contributed by atoms with van der Waals surface area (Å²) in [6.07, 6.45) is 1.54. The van der Waals surface area contributed by atoms with Gasteiger partial charge in [0, 0.05) is 5.56 Å². The quantitative estimate of drug-likeness (QED) is 0.387. The summed E-state index contributed by atoms with van der Waals surface area (Å²) in [6.45, 7) is 0. The van der Waals surface area contributed by atoms with Gasteiger partial charge in [-0.05, 0) is 69.3 Å². The SMILES string of the molecule is O=C(NN=Cc1ccc(O)c(I)c1)c1ccc2ccccc2c1. The number of carbonyl (C=O) groups excluding carboxylic acids is 1. The standard InChI is InChI=1S/C18H13IN2O2/c19-16-9-12(5-8-17(16)22)11-20-21-18(23)15-7-6-13-3-1-2-4-14(13)10-15/h1-11,22H,(H,21,23). The van der Waals surface area contributed by atoms with Crippen LogP contribution in [0.25, 0.3) is 10.8 Å². The van der Waals surface area contributed by atoms with Gasteiger partial charge in [-0.2, -0.15) is 5.10 Å². The lowest BCUT2D eigenvalue weighted by Crippen LogP contribution is -2.17. The normalized spacial score (nSPS) is 11.0. The lowest BCUT2D eigenvalue weighted by atomic mass is 10.1. The van der Waals surface area contributed by atoms with Crippen molar-refractivity contribution in [2.45, 2.75) is 0 Å². The molecule has 0 saturated heterocycles. The fourth-order valence-electron chi connectivity index (χ4n) is 2.16. The third-order valence-electron chi connectivity index (χ3n) is 3.36. The summed E-state index contributed by atoms with van der Waals surface area (Å²) >= 11 is 2.03. The first-order chi connectivity index (χ1) is 11.1. The number of hydrogen-bond donors (Lipinski definition) is 2. The number of halogens is 1. The first-order valence-corrected chi connectivity index (χ1v) is 8.02. The molecular weight excluding hydrogens is 403 g/mol. The van der Waals surface area contributed by atoms with E-state index in [-0.39, 0.29) is 11.7 Å². The molecule has 0 spiro atoms. The molecule has 4 nitrogen and oxygen atoms in total. The Morgan fingerprint density at radius 1 is 1.04 bits per heavy atom. The minimum absolute atomic E-state index is 0.225. The maximum absolute atomic E-state index is 12.1. The second-order valence-corrected chi connectivity index (χ2v) is 6.13. The van der Waals surface area contributed by atoms with E-state index in [0.717, 1.165) is 19.9 Å². The molecule has 0 unspecified atom stereocenters. The van der Waals surface area contributed by atoms with Crippen LogP contribution in [0.2, 0.25) is 0 Å². The van der Waals surface area contributed by atoms with E-state index >= 15 is 0 Å². The Morgan fingerprint density at radius 2 is 1.83 bits per heavy atom. The number of carbonyl (C=O) groups is 1. The van der Waals surface area contributed by atoms with E-state index in [9.17, 15) is 9.90 Å². The van der Waals surface area contributed by atoms with Gasteiger partial charge >= 0.3 is 0 Å². The Bertz CT molecular complexity index is 906. The number of nitrogens with zero attached hydrogens (tertiary/aromatic N) is 1. The van der Waals surface area contributed by atoms with Crippen LogP contribution in [0.4, 0.5) is 0 Å². The third kappa shape index (κ3) is 3.68. The summed E-state index contributed by atoms with van der Waals surface area (Å²) in [5, 5.41) is 15.5. The number of hydrogen-bond acceptors (Lipinski definition) is 3. The number of nitrogens with one attached hydrogen (secondary N) is 1. The Kier molecular flexibility index (Phi) is 4.57. The summed E-state index contributed by atoms with van der Waals surface area (Å²) in [5.41, 5.74) is 3.87. The van der Waals surface area contributed by atoms with E-state index in [1.807, 2.05) is 59.0 Å². The van der Waals surface area contributed by atoms with Crippen molar-refractivity contribution in [3.63, 3.8) is 0 Å². The van der Waals surface area contributed by atoms with Crippen LogP contribution in [0, 0.1) is 3.57 Å². The van der Waals surface area contributed by atoms with E-state index < -0.39 is 0 Å². The molecule has 0 aromatic heterocycles. The molecule has 0 atom stereocenters. The van der Waals surface area contributed by atoms with Gasteiger partial charge in [-0.25, -0.2) is 5.43 Å². The van der Waals surface area contributed by atoms with Gasteiger partial charge in [0.05, 0.1) is 9.78 Å². The number of phenols is 1. The lowest BCUT2D eigenvalue weighted by molar-refractivity contribution is 0.0955. The van der Waals surface area contributed by atoms with Crippen LogP contribution in [-0.2, 0) is 0 Å². The minimum atomic E-state index is -0.263. The predicted molar refractivity (Wildman–Crippen MR) is 99.8 cm³/mol. The molecule has 23 heavy (non-hydrogen) atoms. The summed E-state index contributed by atoms with van der Waals surface area (Å²) in [4.78, 5) is 12.1. The van der Waals surface area contributed by atoms with Crippen molar-refractivity contribution < 1.29 is 9.90 Å². The van der Waals surface area contributed by atoms with E-state index in [2.05, 4.69) is 10.5 Å². The van der Waals surface area contributed by atoms with Crippen molar-refractivity contribution in [1.29, 1.82) is 0 Å². The maximum atomic E-state index is 12.1. The zero-order chi connectivity index (χ0) is 16.2. The highest BCUT2D eigenvalue weighted by atomic mass is 127. The lowest BCUT2D eigenvalue weighted by Gasteiger charge is -2.03. The summed E-state index contributed by atoms with van der Waals surface area (Å²) in [7, 11) is 0. The molecule has 0 aliphatic rings. The van der Waals surface area contributed by atoms with Gasteiger partial charge in [-0.15, -0.1) is 0 Å². The molecule has 0 heterocycles. The van der Waals surface area contributed by atoms with Crippen molar-refractivity contribution >= 4 is 45.5 Å². The molecule has 0 saturated carbocycles. The molecule has 1 amide bonds. The van der Waals surface area contributed by atoms with E-state index in [4.69, 9.17) is 0 Å². The monoisotopic (exact) mass is 416 g/mol. The van der Waals surface area contributed by atoms with Crippen LogP contribution < -0.4 is 5.43 Å². The summed E-state index contributed by atoms with van der Waals surface area (Å²) in [6, 6.07) is 18.5. The topological polar surface area (TPSA) is 61.7 Å². The second-order valence-electron chi connectivity index (χ2n) is 4.97. The van der Waals surface area contributed by atoms with E-state index in [1.165, 1.54) is 0 Å². The smallest absolute Gasteiger partial charge is 0.271 e. The van der Waals surface area contributed by atoms with Crippen molar-refractivity contribution in [3.05, 3.63) is 75.4 Å². The molecule has 0 fully saturated rings. The zero-order valence-corrected chi connectivity index (χ0v) is 14.2. The van der Waals surface area contributed by atoms with Gasteiger partial charge in [0.25, 0.3) is 5.91 Å². The Morgan fingerprint density at radius 3 is 2.61 bits per heavy atom. The molecule has 3 rings (SSSR count). The highest BCUT2D eigenvalue weighted by Crippen LogP contribution is 2.19. The minimum Gasteiger partial charge on any atom is -0.507 e. The number of hydrazone groups is 1. The number of amides is 1. The average molecular weight is 416 g/mol. The molecule has 2 N–H and O–H groups in total. The molecule has 0 aliphatic heterocycles. The zero-order valence-electron chi connectivity index (χ0n) is 12.0. The average Bonchev–Trinajstić information content (AvgIpc) is 2.57. The van der Waals surface area contributed by atoms with Crippen molar-refractivity contribution in [1.82, 2.24) is 5.43 Å². The molecule has 3 aromatic carbocycles. The van der Waals surface area contributed by atoms with Gasteiger partial charge in [0.15, 0.2) is 0 Å². The fraction of sp³-hybridized carbons (Fsp3) is 0. The molecule has 0 radical (unpaired) electrons. The first-order valence-electron chi connectivity index (χ1n) is 6.94. The molecule has 114 valence electrons. The fourth-order valence-corrected chi connectivity index (χ4v) is 2.70. The van der Waals surface area contributed by atoms with Crippen LogP contribution in [0.5, 0.6) is 5.75 Å². The molecular formula is C18H13IN2O2. The van der Waals surface area contributed by atoms with Crippen molar-refractivity contribution in [2.75, 3.05) is 0 Å². The number of rotatable bonds is 3. The van der Waals surface area contributed by atoms with Crippen LogP contribution in [-0.4, -0.2) is 17.2 Å². The van der Waals surface area contributed by atoms with Crippen molar-refractivity contribution in [2.24, 2.45) is 5.10 Å². The molecule has 3 aromatic rings. The Hall–Kier alpha value is -2.41. The van der Waals surface area contributed by atoms with Gasteiger partial charge in [-0.3, -0.25) is 4.79 Å². The van der Waals surface area contributed by atoms with Crippen LogP contribution in [0.3, 0.4) is 0 Å². The number of aromatic hydroxyl groups is 1. The highest BCUT2D eigenvalue weighted by molar-refractivity contribution is 14.1. The van der Waals surface area contributed by atoms with Crippen LogP contribution in [0.1, 0.15) is 15.9 Å². The third-order valence-corrected chi connectivity index (χ3v) is 4.23. The van der Waals surface area contributed by atoms with Crippen LogP contribution >= 0.6 is 22.6 Å². The van der Waals surface area contributed by atoms with Gasteiger partial charge in [0.2, 0.25) is 0 Å². The van der Waals surface area contributed by atoms with E-state index in [0.29, 0.717) is 5.56 Å². The summed E-state index contributed by atoms with van der Waals surface area (Å²) in [5.74, 6) is -0.0385. The van der Waals surface area contributed by atoms with Gasteiger partial charge in [0.1, 0.15) is 5.75 Å². The number of benzene rings is 3. The number of fused-ring (bicyclic) bond motifs is 1. The highest BCUT2D eigenvalue weighted by Gasteiger charge is 2.05. The molecule has 0 bridgehead atoms. The Labute approximate surface area is 147 Å². The van der Waals surface area contributed by atoms with Crippen molar-refractivity contribution in [3.8, 4) is 5.75 Å². The molecule has 0 aliphatic carbocycles. The second kappa shape index (κ2) is 6.78. The van der Waals surface area contributed by atoms with Gasteiger partial charge in [-0.1, -0.05) is 30.3 Å². The number of phenolic OH excluding ortho intramolecular Hbond substituents is 1. The predicted octanol–water partition coefficient (Wildman–Crippen LogP) is 3.91. The van der Waals surface area contributed by atoms with E-state index in [1.54, 1.807) is 30.5 Å². The first kappa shape index (κ1) is 15.5. The molecule has 5 heteroatoms. The van der Waals surface area contributed by atoms with Crippen LogP contribution in [0.15, 0.2) is 65.8 Å².